The topological polar surface area (TPSA) is 87.7 Å². The molecule has 0 aromatic carbocycles. The molecule has 0 saturated carbocycles. The van der Waals surface area contributed by atoms with E-state index in [4.69, 9.17) is 9.84 Å². The highest BCUT2D eigenvalue weighted by Gasteiger charge is 2.20. The molecule has 0 aliphatic heterocycles. The molecule has 2 amide bonds. The summed E-state index contributed by atoms with van der Waals surface area (Å²) in [5, 5.41) is 14.1. The number of amides is 2. The Hall–Kier alpha value is -1.30. The molecule has 2 unspecified atom stereocenters. The van der Waals surface area contributed by atoms with Crippen LogP contribution < -0.4 is 10.6 Å². The van der Waals surface area contributed by atoms with Gasteiger partial charge in [-0.1, -0.05) is 13.8 Å². The van der Waals surface area contributed by atoms with Gasteiger partial charge in [-0.15, -0.1) is 0 Å². The van der Waals surface area contributed by atoms with Crippen molar-refractivity contribution >= 4 is 12.0 Å². The predicted octanol–water partition coefficient (Wildman–Crippen LogP) is 1.60. The van der Waals surface area contributed by atoms with Crippen molar-refractivity contribution in [2.75, 3.05) is 13.7 Å². The summed E-state index contributed by atoms with van der Waals surface area (Å²) in [6.45, 7) is 6.45. The molecule has 0 radical (unpaired) electrons. The lowest BCUT2D eigenvalue weighted by Crippen LogP contribution is -2.48. The second kappa shape index (κ2) is 9.61. The summed E-state index contributed by atoms with van der Waals surface area (Å²) in [7, 11) is 1.49. The molecule has 0 spiro atoms. The number of carboxylic acid groups (broad SMARTS) is 1. The average Bonchev–Trinajstić information content (AvgIpc) is 2.31. The van der Waals surface area contributed by atoms with Gasteiger partial charge in [-0.3, -0.25) is 0 Å². The number of rotatable bonds is 9. The molecule has 0 saturated heterocycles. The zero-order chi connectivity index (χ0) is 14.8. The molecule has 0 heterocycles. The first-order valence-electron chi connectivity index (χ1n) is 6.65. The number of hydrogen-bond acceptors (Lipinski definition) is 3. The van der Waals surface area contributed by atoms with Crippen molar-refractivity contribution in [3.8, 4) is 0 Å². The van der Waals surface area contributed by atoms with E-state index in [9.17, 15) is 9.59 Å². The molecule has 19 heavy (non-hydrogen) atoms. The Morgan fingerprint density at radius 2 is 1.74 bits per heavy atom. The molecule has 6 nitrogen and oxygen atoms in total. The second-order valence-electron chi connectivity index (χ2n) is 5.16. The predicted molar refractivity (Wildman–Crippen MR) is 73.1 cm³/mol. The summed E-state index contributed by atoms with van der Waals surface area (Å²) < 4.78 is 4.82. The van der Waals surface area contributed by atoms with Crippen LogP contribution in [0.3, 0.4) is 0 Å². The minimum atomic E-state index is -1.05. The number of hydrogen-bond donors (Lipinski definition) is 3. The number of methoxy groups -OCH3 is 1. The standard InChI is InChI=1S/C13H26N2O4/c1-9(2)5-6-10(3)14-13(18)15-11(12(16)17)7-8-19-4/h9-11H,5-8H2,1-4H3,(H,16,17)(H2,14,15,18). The lowest BCUT2D eigenvalue weighted by atomic mass is 10.0. The summed E-state index contributed by atoms with van der Waals surface area (Å²) in [6, 6.07) is -1.34. The number of carboxylic acids is 1. The van der Waals surface area contributed by atoms with Gasteiger partial charge in [0.2, 0.25) is 0 Å². The van der Waals surface area contributed by atoms with Gasteiger partial charge in [-0.2, -0.15) is 0 Å². The van der Waals surface area contributed by atoms with Gasteiger partial charge in [0.15, 0.2) is 0 Å². The first kappa shape index (κ1) is 17.7. The van der Waals surface area contributed by atoms with Crippen molar-refractivity contribution in [3.05, 3.63) is 0 Å². The average molecular weight is 274 g/mol. The Kier molecular flexibility index (Phi) is 8.95. The number of ether oxygens (including phenoxy) is 1. The van der Waals surface area contributed by atoms with E-state index in [1.807, 2.05) is 6.92 Å². The third-order valence-corrected chi connectivity index (χ3v) is 2.77. The van der Waals surface area contributed by atoms with E-state index >= 15 is 0 Å². The largest absolute Gasteiger partial charge is 0.480 e. The molecule has 0 aromatic heterocycles. The highest BCUT2D eigenvalue weighted by molar-refractivity contribution is 5.82. The third-order valence-electron chi connectivity index (χ3n) is 2.77. The van der Waals surface area contributed by atoms with Crippen LogP contribution >= 0.6 is 0 Å². The van der Waals surface area contributed by atoms with E-state index < -0.39 is 18.0 Å². The van der Waals surface area contributed by atoms with E-state index in [0.717, 1.165) is 12.8 Å². The van der Waals surface area contributed by atoms with Crippen molar-refractivity contribution in [3.63, 3.8) is 0 Å². The lowest BCUT2D eigenvalue weighted by molar-refractivity contribution is -0.139. The fourth-order valence-electron chi connectivity index (χ4n) is 1.57. The monoisotopic (exact) mass is 274 g/mol. The molecular weight excluding hydrogens is 248 g/mol. The molecule has 0 bridgehead atoms. The van der Waals surface area contributed by atoms with E-state index in [1.165, 1.54) is 7.11 Å². The maximum Gasteiger partial charge on any atom is 0.326 e. The zero-order valence-corrected chi connectivity index (χ0v) is 12.2. The normalized spacial score (nSPS) is 13.9. The Labute approximate surface area is 114 Å². The number of carbonyl (C=O) groups excluding carboxylic acids is 1. The van der Waals surface area contributed by atoms with Crippen LogP contribution in [-0.2, 0) is 9.53 Å². The van der Waals surface area contributed by atoms with Crippen LogP contribution in [0.4, 0.5) is 4.79 Å². The Balaban J connectivity index is 4.07. The summed E-state index contributed by atoms with van der Waals surface area (Å²) in [5.74, 6) is -0.470. The maximum atomic E-state index is 11.6. The number of nitrogens with one attached hydrogen (secondary N) is 2. The number of carbonyl (C=O) groups is 2. The number of urea groups is 1. The second-order valence-corrected chi connectivity index (χ2v) is 5.16. The highest BCUT2D eigenvalue weighted by Crippen LogP contribution is 2.06. The molecular formula is C13H26N2O4. The van der Waals surface area contributed by atoms with Crippen molar-refractivity contribution in [1.82, 2.24) is 10.6 Å². The van der Waals surface area contributed by atoms with Crippen LogP contribution in [0.15, 0.2) is 0 Å². The van der Waals surface area contributed by atoms with Gasteiger partial charge in [0.25, 0.3) is 0 Å². The van der Waals surface area contributed by atoms with Crippen LogP contribution in [0, 0.1) is 5.92 Å². The lowest BCUT2D eigenvalue weighted by Gasteiger charge is -2.18. The quantitative estimate of drug-likeness (QED) is 0.596. The van der Waals surface area contributed by atoms with Crippen LogP contribution in [0.25, 0.3) is 0 Å². The zero-order valence-electron chi connectivity index (χ0n) is 12.2. The van der Waals surface area contributed by atoms with Crippen LogP contribution in [0.1, 0.15) is 40.0 Å². The van der Waals surface area contributed by atoms with Gasteiger partial charge in [-0.25, -0.2) is 9.59 Å². The fraction of sp³-hybridized carbons (Fsp3) is 0.846. The van der Waals surface area contributed by atoms with E-state index in [-0.39, 0.29) is 12.5 Å². The first-order chi connectivity index (χ1) is 8.86. The molecule has 0 aromatic rings. The van der Waals surface area contributed by atoms with E-state index in [0.29, 0.717) is 12.5 Å². The summed E-state index contributed by atoms with van der Waals surface area (Å²) in [6.07, 6.45) is 2.15. The first-order valence-corrected chi connectivity index (χ1v) is 6.65. The molecule has 6 heteroatoms. The molecule has 0 fully saturated rings. The summed E-state index contributed by atoms with van der Waals surface area (Å²) in [4.78, 5) is 22.6. The smallest absolute Gasteiger partial charge is 0.326 e. The minimum absolute atomic E-state index is 0.0271. The fourth-order valence-corrected chi connectivity index (χ4v) is 1.57. The molecule has 0 aliphatic rings. The van der Waals surface area contributed by atoms with Crippen molar-refractivity contribution in [2.45, 2.75) is 52.1 Å². The Morgan fingerprint density at radius 3 is 2.21 bits per heavy atom. The highest BCUT2D eigenvalue weighted by atomic mass is 16.5. The number of aliphatic carboxylic acids is 1. The minimum Gasteiger partial charge on any atom is -0.480 e. The molecule has 0 rings (SSSR count). The third kappa shape index (κ3) is 9.30. The molecule has 112 valence electrons. The van der Waals surface area contributed by atoms with Gasteiger partial charge in [0.1, 0.15) is 6.04 Å². The molecule has 3 N–H and O–H groups in total. The van der Waals surface area contributed by atoms with Crippen molar-refractivity contribution in [2.24, 2.45) is 5.92 Å². The van der Waals surface area contributed by atoms with Gasteiger partial charge >= 0.3 is 12.0 Å². The maximum absolute atomic E-state index is 11.6. The van der Waals surface area contributed by atoms with Gasteiger partial charge in [0, 0.05) is 26.2 Å². The van der Waals surface area contributed by atoms with Gasteiger partial charge in [0.05, 0.1) is 0 Å². The summed E-state index contributed by atoms with van der Waals surface area (Å²) in [5.41, 5.74) is 0. The Morgan fingerprint density at radius 1 is 1.11 bits per heavy atom. The van der Waals surface area contributed by atoms with Gasteiger partial charge < -0.3 is 20.5 Å². The summed E-state index contributed by atoms with van der Waals surface area (Å²) >= 11 is 0. The van der Waals surface area contributed by atoms with Crippen LogP contribution in [0.5, 0.6) is 0 Å². The van der Waals surface area contributed by atoms with E-state index in [1.54, 1.807) is 0 Å². The van der Waals surface area contributed by atoms with Crippen molar-refractivity contribution in [1.29, 1.82) is 0 Å². The van der Waals surface area contributed by atoms with Crippen molar-refractivity contribution < 1.29 is 19.4 Å². The molecule has 0 aliphatic carbocycles. The molecule has 2 atom stereocenters. The van der Waals surface area contributed by atoms with E-state index in [2.05, 4.69) is 24.5 Å². The van der Waals surface area contributed by atoms with Gasteiger partial charge in [-0.05, 0) is 25.7 Å². The van der Waals surface area contributed by atoms with Crippen LogP contribution in [-0.4, -0.2) is 42.9 Å². The SMILES string of the molecule is COCCC(NC(=O)NC(C)CCC(C)C)C(=O)O. The Bertz CT molecular complexity index is 282. The van der Waals surface area contributed by atoms with Crippen LogP contribution in [0.2, 0.25) is 0 Å².